The largest absolute Gasteiger partial charge is 0.480 e. The second-order valence-electron chi connectivity index (χ2n) is 4.17. The van der Waals surface area contributed by atoms with E-state index in [0.717, 1.165) is 6.42 Å². The molecule has 5 nitrogen and oxygen atoms in total. The van der Waals surface area contributed by atoms with E-state index in [1.165, 1.54) is 7.11 Å². The summed E-state index contributed by atoms with van der Waals surface area (Å²) in [4.78, 5) is 10.9. The van der Waals surface area contributed by atoms with Gasteiger partial charge in [-0.2, -0.15) is 0 Å². The Morgan fingerprint density at radius 3 is 2.87 bits per heavy atom. The van der Waals surface area contributed by atoms with Gasteiger partial charge in [-0.05, 0) is 20.3 Å². The highest BCUT2D eigenvalue weighted by molar-refractivity contribution is 5.73. The zero-order chi connectivity index (χ0) is 11.5. The van der Waals surface area contributed by atoms with Crippen LogP contribution in [0.5, 0.6) is 0 Å². The maximum atomic E-state index is 10.9. The van der Waals surface area contributed by atoms with Crippen molar-refractivity contribution >= 4 is 5.97 Å². The molecule has 0 radical (unpaired) electrons. The summed E-state index contributed by atoms with van der Waals surface area (Å²) in [7, 11) is 1.49. The van der Waals surface area contributed by atoms with Gasteiger partial charge in [-0.1, -0.05) is 0 Å². The van der Waals surface area contributed by atoms with E-state index in [9.17, 15) is 4.79 Å². The maximum absolute atomic E-state index is 10.9. The summed E-state index contributed by atoms with van der Waals surface area (Å²) < 4.78 is 10.3. The highest BCUT2D eigenvalue weighted by atomic mass is 16.5. The van der Waals surface area contributed by atoms with Gasteiger partial charge < -0.3 is 14.6 Å². The van der Waals surface area contributed by atoms with E-state index in [0.29, 0.717) is 6.61 Å². The molecule has 1 aliphatic heterocycles. The number of carboxylic acid groups (broad SMARTS) is 1. The summed E-state index contributed by atoms with van der Waals surface area (Å²) in [5.74, 6) is -0.892. The van der Waals surface area contributed by atoms with Crippen molar-refractivity contribution in [2.75, 3.05) is 20.3 Å². The van der Waals surface area contributed by atoms with Crippen LogP contribution in [-0.2, 0) is 14.3 Å². The van der Waals surface area contributed by atoms with Crippen LogP contribution in [0.3, 0.4) is 0 Å². The molecule has 1 fully saturated rings. The van der Waals surface area contributed by atoms with Crippen LogP contribution >= 0.6 is 0 Å². The third-order valence-corrected chi connectivity index (χ3v) is 3.02. The lowest BCUT2D eigenvalue weighted by molar-refractivity contribution is -0.141. The van der Waals surface area contributed by atoms with Crippen LogP contribution in [0, 0.1) is 0 Å². The molecule has 88 valence electrons. The standard InChI is InChI=1S/C10H19NO4/c1-7-10(2,4-5-15-7)11-8(6-14-3)9(12)13/h7-8,11H,4-6H2,1-3H3,(H,12,13). The molecule has 0 aliphatic carbocycles. The minimum atomic E-state index is -0.892. The van der Waals surface area contributed by atoms with E-state index < -0.39 is 12.0 Å². The molecule has 15 heavy (non-hydrogen) atoms. The first kappa shape index (κ1) is 12.4. The van der Waals surface area contributed by atoms with Crippen molar-refractivity contribution in [3.8, 4) is 0 Å². The zero-order valence-electron chi connectivity index (χ0n) is 9.45. The summed E-state index contributed by atoms with van der Waals surface area (Å²) in [6.07, 6.45) is 0.845. The van der Waals surface area contributed by atoms with Crippen LogP contribution in [0.4, 0.5) is 0 Å². The van der Waals surface area contributed by atoms with Crippen LogP contribution in [0.2, 0.25) is 0 Å². The van der Waals surface area contributed by atoms with Crippen LogP contribution in [0.1, 0.15) is 20.3 Å². The van der Waals surface area contributed by atoms with Gasteiger partial charge in [0.15, 0.2) is 0 Å². The van der Waals surface area contributed by atoms with E-state index in [1.807, 2.05) is 13.8 Å². The summed E-state index contributed by atoms with van der Waals surface area (Å²) in [5, 5.41) is 12.1. The highest BCUT2D eigenvalue weighted by Gasteiger charge is 2.39. The SMILES string of the molecule is COCC(NC1(C)CCOC1C)C(=O)O. The normalized spacial score (nSPS) is 32.9. The summed E-state index contributed by atoms with van der Waals surface area (Å²) in [6.45, 7) is 4.77. The third kappa shape index (κ3) is 2.90. The lowest BCUT2D eigenvalue weighted by Gasteiger charge is -2.32. The number of hydrogen-bond acceptors (Lipinski definition) is 4. The van der Waals surface area contributed by atoms with Gasteiger partial charge in [-0.25, -0.2) is 0 Å². The molecule has 0 saturated carbocycles. The first-order valence-corrected chi connectivity index (χ1v) is 5.10. The van der Waals surface area contributed by atoms with E-state index in [-0.39, 0.29) is 18.2 Å². The van der Waals surface area contributed by atoms with E-state index in [4.69, 9.17) is 14.6 Å². The fourth-order valence-electron chi connectivity index (χ4n) is 1.76. The van der Waals surface area contributed by atoms with Crippen LogP contribution < -0.4 is 5.32 Å². The van der Waals surface area contributed by atoms with Crippen molar-refractivity contribution in [3.63, 3.8) is 0 Å². The van der Waals surface area contributed by atoms with Gasteiger partial charge in [0.05, 0.1) is 12.7 Å². The predicted octanol–water partition coefficient (Wildman–Crippen LogP) is 0.243. The van der Waals surface area contributed by atoms with Gasteiger partial charge in [0, 0.05) is 19.3 Å². The van der Waals surface area contributed by atoms with E-state index >= 15 is 0 Å². The molecular formula is C10H19NO4. The molecular weight excluding hydrogens is 198 g/mol. The molecule has 5 heteroatoms. The molecule has 1 heterocycles. The van der Waals surface area contributed by atoms with Gasteiger partial charge in [-0.15, -0.1) is 0 Å². The average molecular weight is 217 g/mol. The monoisotopic (exact) mass is 217 g/mol. The Kier molecular flexibility index (Phi) is 4.07. The van der Waals surface area contributed by atoms with Gasteiger partial charge in [0.2, 0.25) is 0 Å². The predicted molar refractivity (Wildman–Crippen MR) is 54.9 cm³/mol. The molecule has 0 aromatic carbocycles. The lowest BCUT2D eigenvalue weighted by Crippen LogP contribution is -2.56. The molecule has 3 atom stereocenters. The van der Waals surface area contributed by atoms with Crippen LogP contribution in [0.25, 0.3) is 0 Å². The lowest BCUT2D eigenvalue weighted by atomic mass is 9.93. The number of carbonyl (C=O) groups is 1. The summed E-state index contributed by atoms with van der Waals surface area (Å²) in [6, 6.07) is -0.677. The first-order valence-electron chi connectivity index (χ1n) is 5.10. The average Bonchev–Trinajstić information content (AvgIpc) is 2.46. The van der Waals surface area contributed by atoms with Gasteiger partial charge in [-0.3, -0.25) is 10.1 Å². The number of ether oxygens (including phenoxy) is 2. The molecule has 0 aromatic rings. The Hall–Kier alpha value is -0.650. The second kappa shape index (κ2) is 4.92. The molecule has 2 N–H and O–H groups in total. The fraction of sp³-hybridized carbons (Fsp3) is 0.900. The van der Waals surface area contributed by atoms with Gasteiger partial charge >= 0.3 is 5.97 Å². The molecule has 1 aliphatic rings. The van der Waals surface area contributed by atoms with Gasteiger partial charge in [0.1, 0.15) is 6.04 Å². The van der Waals surface area contributed by atoms with Gasteiger partial charge in [0.25, 0.3) is 0 Å². The van der Waals surface area contributed by atoms with Crippen molar-refractivity contribution in [1.82, 2.24) is 5.32 Å². The van der Waals surface area contributed by atoms with Crippen molar-refractivity contribution in [2.24, 2.45) is 0 Å². The number of carboxylic acids is 1. The summed E-state index contributed by atoms with van der Waals surface area (Å²) in [5.41, 5.74) is -0.276. The minimum Gasteiger partial charge on any atom is -0.480 e. The Morgan fingerprint density at radius 2 is 2.47 bits per heavy atom. The van der Waals surface area contributed by atoms with Crippen molar-refractivity contribution < 1.29 is 19.4 Å². The maximum Gasteiger partial charge on any atom is 0.323 e. The Morgan fingerprint density at radius 1 is 1.80 bits per heavy atom. The van der Waals surface area contributed by atoms with E-state index in [2.05, 4.69) is 5.32 Å². The van der Waals surface area contributed by atoms with Crippen molar-refractivity contribution in [1.29, 1.82) is 0 Å². The van der Waals surface area contributed by atoms with E-state index in [1.54, 1.807) is 0 Å². The van der Waals surface area contributed by atoms with Crippen molar-refractivity contribution in [3.05, 3.63) is 0 Å². The number of aliphatic carboxylic acids is 1. The topological polar surface area (TPSA) is 67.8 Å². The molecule has 0 spiro atoms. The smallest absolute Gasteiger partial charge is 0.323 e. The fourth-order valence-corrected chi connectivity index (χ4v) is 1.76. The molecule has 1 saturated heterocycles. The molecule has 0 aromatic heterocycles. The Labute approximate surface area is 89.8 Å². The number of methoxy groups -OCH3 is 1. The number of rotatable bonds is 5. The quantitative estimate of drug-likeness (QED) is 0.690. The number of hydrogen-bond donors (Lipinski definition) is 2. The highest BCUT2D eigenvalue weighted by Crippen LogP contribution is 2.25. The second-order valence-corrected chi connectivity index (χ2v) is 4.17. The first-order chi connectivity index (χ1) is 6.99. The Bertz CT molecular complexity index is 233. The third-order valence-electron chi connectivity index (χ3n) is 3.02. The Balaban J connectivity index is 2.60. The van der Waals surface area contributed by atoms with Crippen LogP contribution in [0.15, 0.2) is 0 Å². The molecule has 0 bridgehead atoms. The minimum absolute atomic E-state index is 0.0243. The molecule has 1 rings (SSSR count). The number of nitrogens with one attached hydrogen (secondary N) is 1. The van der Waals surface area contributed by atoms with Crippen LogP contribution in [-0.4, -0.2) is 49.1 Å². The molecule has 3 unspecified atom stereocenters. The van der Waals surface area contributed by atoms with Crippen molar-refractivity contribution in [2.45, 2.75) is 38.0 Å². The zero-order valence-corrected chi connectivity index (χ0v) is 9.45. The summed E-state index contributed by atoms with van der Waals surface area (Å²) >= 11 is 0. The molecule has 0 amide bonds.